The highest BCUT2D eigenvalue weighted by atomic mass is 32.2. The second-order valence-corrected chi connectivity index (χ2v) is 7.00. The van der Waals surface area contributed by atoms with Crippen LogP contribution >= 0.6 is 0 Å². The van der Waals surface area contributed by atoms with E-state index < -0.39 is 10.0 Å². The van der Waals surface area contributed by atoms with E-state index in [0.29, 0.717) is 18.0 Å². The van der Waals surface area contributed by atoms with E-state index in [4.69, 9.17) is 0 Å². The van der Waals surface area contributed by atoms with Crippen LogP contribution in [0.4, 0.5) is 0 Å². The standard InChI is InChI=1S/C14H22N2O2S/c1-11-3-4-13(10-15-2)9-14(11)19(17,18)16-8-7-12-5-6-12/h3-4,9,12,15-16H,5-8,10H2,1-2H3. The van der Waals surface area contributed by atoms with Crippen molar-refractivity contribution in [2.24, 2.45) is 5.92 Å². The molecule has 0 unspecified atom stereocenters. The number of hydrogen-bond donors (Lipinski definition) is 2. The minimum atomic E-state index is -3.38. The predicted molar refractivity (Wildman–Crippen MR) is 76.5 cm³/mol. The fourth-order valence-corrected chi connectivity index (χ4v) is 3.47. The molecule has 0 saturated heterocycles. The van der Waals surface area contributed by atoms with E-state index in [1.807, 2.05) is 26.1 Å². The van der Waals surface area contributed by atoms with E-state index in [9.17, 15) is 8.42 Å². The van der Waals surface area contributed by atoms with E-state index in [0.717, 1.165) is 23.5 Å². The SMILES string of the molecule is CNCc1ccc(C)c(S(=O)(=O)NCCC2CC2)c1. The molecule has 1 saturated carbocycles. The lowest BCUT2D eigenvalue weighted by atomic mass is 10.1. The number of sulfonamides is 1. The summed E-state index contributed by atoms with van der Waals surface area (Å²) in [6.07, 6.45) is 3.45. The molecule has 5 heteroatoms. The maximum Gasteiger partial charge on any atom is 0.240 e. The molecule has 0 radical (unpaired) electrons. The van der Waals surface area contributed by atoms with Gasteiger partial charge in [-0.2, -0.15) is 0 Å². The molecular weight excluding hydrogens is 260 g/mol. The van der Waals surface area contributed by atoms with E-state index in [2.05, 4.69) is 10.0 Å². The Morgan fingerprint density at radius 1 is 1.32 bits per heavy atom. The van der Waals surface area contributed by atoms with Crippen molar-refractivity contribution in [1.29, 1.82) is 0 Å². The third-order valence-corrected chi connectivity index (χ3v) is 5.07. The number of benzene rings is 1. The van der Waals surface area contributed by atoms with Crippen molar-refractivity contribution in [2.75, 3.05) is 13.6 Å². The third kappa shape index (κ3) is 4.03. The Morgan fingerprint density at radius 2 is 2.05 bits per heavy atom. The summed E-state index contributed by atoms with van der Waals surface area (Å²) in [5, 5.41) is 3.03. The van der Waals surface area contributed by atoms with Gasteiger partial charge >= 0.3 is 0 Å². The molecule has 0 aromatic heterocycles. The minimum absolute atomic E-state index is 0.399. The zero-order valence-electron chi connectivity index (χ0n) is 11.6. The quantitative estimate of drug-likeness (QED) is 0.801. The molecule has 2 rings (SSSR count). The Hall–Kier alpha value is -0.910. The lowest BCUT2D eigenvalue weighted by Crippen LogP contribution is -2.26. The number of aryl methyl sites for hydroxylation is 1. The van der Waals surface area contributed by atoms with E-state index in [1.165, 1.54) is 12.8 Å². The van der Waals surface area contributed by atoms with Crippen LogP contribution in [0.2, 0.25) is 0 Å². The fourth-order valence-electron chi connectivity index (χ4n) is 2.13. The topological polar surface area (TPSA) is 58.2 Å². The monoisotopic (exact) mass is 282 g/mol. The molecule has 0 heterocycles. The predicted octanol–water partition coefficient (Wildman–Crippen LogP) is 1.79. The van der Waals surface area contributed by atoms with Crippen molar-refractivity contribution in [2.45, 2.75) is 37.6 Å². The molecule has 1 aromatic carbocycles. The van der Waals surface area contributed by atoms with Gasteiger partial charge in [-0.1, -0.05) is 25.0 Å². The van der Waals surface area contributed by atoms with Gasteiger partial charge in [0.05, 0.1) is 4.90 Å². The Balaban J connectivity index is 2.10. The van der Waals surface area contributed by atoms with Crippen molar-refractivity contribution >= 4 is 10.0 Å². The molecule has 19 heavy (non-hydrogen) atoms. The first-order chi connectivity index (χ1) is 9.03. The summed E-state index contributed by atoms with van der Waals surface area (Å²) in [5.41, 5.74) is 1.77. The molecule has 0 amide bonds. The number of rotatable bonds is 7. The first kappa shape index (κ1) is 14.5. The highest BCUT2D eigenvalue weighted by Gasteiger charge is 2.22. The van der Waals surface area contributed by atoms with Crippen molar-refractivity contribution in [1.82, 2.24) is 10.0 Å². The van der Waals surface area contributed by atoms with Crippen LogP contribution in [-0.2, 0) is 16.6 Å². The van der Waals surface area contributed by atoms with Gasteiger partial charge in [-0.15, -0.1) is 0 Å². The molecule has 0 aliphatic heterocycles. The average Bonchev–Trinajstić information content (AvgIpc) is 3.15. The zero-order chi connectivity index (χ0) is 13.9. The summed E-state index contributed by atoms with van der Waals surface area (Å²) in [7, 11) is -1.53. The third-order valence-electron chi connectivity index (χ3n) is 3.46. The van der Waals surface area contributed by atoms with Crippen LogP contribution in [0, 0.1) is 12.8 Å². The Labute approximate surface area is 115 Å². The zero-order valence-corrected chi connectivity index (χ0v) is 12.4. The molecular formula is C14H22N2O2S. The molecule has 0 atom stereocenters. The summed E-state index contributed by atoms with van der Waals surface area (Å²) in [5.74, 6) is 0.736. The van der Waals surface area contributed by atoms with Crippen LogP contribution in [0.5, 0.6) is 0 Å². The maximum atomic E-state index is 12.3. The number of nitrogens with one attached hydrogen (secondary N) is 2. The van der Waals surface area contributed by atoms with Gasteiger partial charge < -0.3 is 5.32 Å². The van der Waals surface area contributed by atoms with Gasteiger partial charge in [-0.25, -0.2) is 13.1 Å². The van der Waals surface area contributed by atoms with Crippen molar-refractivity contribution < 1.29 is 8.42 Å². The molecule has 0 spiro atoms. The maximum absolute atomic E-state index is 12.3. The van der Waals surface area contributed by atoms with Gasteiger partial charge in [0, 0.05) is 13.1 Å². The van der Waals surface area contributed by atoms with Crippen LogP contribution in [0.25, 0.3) is 0 Å². The number of hydrogen-bond acceptors (Lipinski definition) is 3. The average molecular weight is 282 g/mol. The van der Waals surface area contributed by atoms with Crippen LogP contribution in [-0.4, -0.2) is 22.0 Å². The second-order valence-electron chi connectivity index (χ2n) is 5.26. The van der Waals surface area contributed by atoms with Gasteiger partial charge in [0.25, 0.3) is 0 Å². The molecule has 106 valence electrons. The summed E-state index contributed by atoms with van der Waals surface area (Å²) in [6, 6.07) is 5.57. The largest absolute Gasteiger partial charge is 0.316 e. The summed E-state index contributed by atoms with van der Waals surface area (Å²) in [6.45, 7) is 3.05. The van der Waals surface area contributed by atoms with Crippen molar-refractivity contribution in [3.05, 3.63) is 29.3 Å². The fraction of sp³-hybridized carbons (Fsp3) is 0.571. The smallest absolute Gasteiger partial charge is 0.240 e. The van der Waals surface area contributed by atoms with Crippen LogP contribution in [0.3, 0.4) is 0 Å². The van der Waals surface area contributed by atoms with Gasteiger partial charge in [0.2, 0.25) is 10.0 Å². The van der Waals surface area contributed by atoms with Crippen LogP contribution in [0.1, 0.15) is 30.4 Å². The van der Waals surface area contributed by atoms with Gasteiger partial charge in [-0.3, -0.25) is 0 Å². The minimum Gasteiger partial charge on any atom is -0.316 e. The Kier molecular flexibility index (Phi) is 4.60. The summed E-state index contributed by atoms with van der Waals surface area (Å²) < 4.78 is 27.3. The molecule has 1 aromatic rings. The molecule has 2 N–H and O–H groups in total. The van der Waals surface area contributed by atoms with Crippen LogP contribution in [0.15, 0.2) is 23.1 Å². The van der Waals surface area contributed by atoms with Crippen molar-refractivity contribution in [3.63, 3.8) is 0 Å². The Bertz CT molecular complexity index is 536. The first-order valence-corrected chi connectivity index (χ1v) is 8.25. The molecule has 0 bridgehead atoms. The molecule has 4 nitrogen and oxygen atoms in total. The molecule has 1 aliphatic carbocycles. The first-order valence-electron chi connectivity index (χ1n) is 6.77. The lowest BCUT2D eigenvalue weighted by Gasteiger charge is -2.11. The highest BCUT2D eigenvalue weighted by molar-refractivity contribution is 7.89. The summed E-state index contributed by atoms with van der Waals surface area (Å²) >= 11 is 0. The van der Waals surface area contributed by atoms with E-state index >= 15 is 0 Å². The van der Waals surface area contributed by atoms with Gasteiger partial charge in [0.15, 0.2) is 0 Å². The van der Waals surface area contributed by atoms with Gasteiger partial charge in [0.1, 0.15) is 0 Å². The van der Waals surface area contributed by atoms with E-state index in [-0.39, 0.29) is 0 Å². The van der Waals surface area contributed by atoms with Gasteiger partial charge in [-0.05, 0) is 43.5 Å². The highest BCUT2D eigenvalue weighted by Crippen LogP contribution is 2.31. The summed E-state index contributed by atoms with van der Waals surface area (Å²) in [4.78, 5) is 0.399. The van der Waals surface area contributed by atoms with Crippen molar-refractivity contribution in [3.8, 4) is 0 Å². The Morgan fingerprint density at radius 3 is 2.68 bits per heavy atom. The lowest BCUT2D eigenvalue weighted by molar-refractivity contribution is 0.574. The van der Waals surface area contributed by atoms with Crippen LogP contribution < -0.4 is 10.0 Å². The molecule has 1 aliphatic rings. The second kappa shape index (κ2) is 6.03. The van der Waals surface area contributed by atoms with E-state index in [1.54, 1.807) is 6.07 Å². The molecule has 1 fully saturated rings. The normalized spacial score (nSPS) is 15.7.